The molecule has 0 spiro atoms. The Balaban J connectivity index is 4.28. The van der Waals surface area contributed by atoms with Gasteiger partial charge in [0.25, 0.3) is 10.1 Å². The number of allylic oxidation sites excluding steroid dienone is 3. The zero-order valence-corrected chi connectivity index (χ0v) is 21.8. The highest BCUT2D eigenvalue weighted by atomic mass is 32.2. The van der Waals surface area contributed by atoms with E-state index in [9.17, 15) is 22.9 Å². The molecule has 1 amide bonds. The lowest BCUT2D eigenvalue weighted by Crippen LogP contribution is -2.46. The van der Waals surface area contributed by atoms with Crippen molar-refractivity contribution in [3.63, 3.8) is 0 Å². The highest BCUT2D eigenvalue weighted by Crippen LogP contribution is 2.11. The standard InChI is InChI=1S/C26H49NO5S/c1-3-5-7-9-11-13-15-17-19-21-25(28)24(23-33(30,31)32)27-26(29)22-20-18-16-14-12-10-8-6-4-2/h11,13,19,21,24-25,28H,3-10,12,14-18,20,22-23H2,1-2H3,(H,27,29)(H,30,31,32)/b13-11+,21-19+. The molecule has 0 aromatic heterocycles. The van der Waals surface area contributed by atoms with E-state index in [0.29, 0.717) is 6.42 Å². The van der Waals surface area contributed by atoms with Crippen LogP contribution in [0.4, 0.5) is 0 Å². The first-order valence-electron chi connectivity index (χ1n) is 13.0. The van der Waals surface area contributed by atoms with Gasteiger partial charge in [-0.05, 0) is 32.1 Å². The molecule has 33 heavy (non-hydrogen) atoms. The van der Waals surface area contributed by atoms with E-state index >= 15 is 0 Å². The summed E-state index contributed by atoms with van der Waals surface area (Å²) < 4.78 is 31.9. The van der Waals surface area contributed by atoms with Crippen LogP contribution in [-0.4, -0.2) is 41.9 Å². The predicted octanol–water partition coefficient (Wildman–Crippen LogP) is 6.11. The van der Waals surface area contributed by atoms with Gasteiger partial charge in [0.1, 0.15) is 0 Å². The van der Waals surface area contributed by atoms with Crippen LogP contribution >= 0.6 is 0 Å². The third kappa shape index (κ3) is 22.4. The number of carbonyl (C=O) groups excluding carboxylic acids is 1. The molecule has 0 radical (unpaired) electrons. The van der Waals surface area contributed by atoms with E-state index in [1.54, 1.807) is 6.08 Å². The molecule has 0 aromatic carbocycles. The van der Waals surface area contributed by atoms with Crippen molar-refractivity contribution in [3.05, 3.63) is 24.3 Å². The number of nitrogens with one attached hydrogen (secondary N) is 1. The minimum atomic E-state index is -4.33. The largest absolute Gasteiger partial charge is 0.387 e. The molecule has 0 saturated carbocycles. The fourth-order valence-corrected chi connectivity index (χ4v) is 4.37. The van der Waals surface area contributed by atoms with Gasteiger partial charge in [0.05, 0.1) is 17.9 Å². The number of hydrogen-bond acceptors (Lipinski definition) is 4. The van der Waals surface area contributed by atoms with Crippen molar-refractivity contribution in [2.24, 2.45) is 0 Å². The molecule has 7 heteroatoms. The molecular formula is C26H49NO5S. The Kier molecular flexibility index (Phi) is 20.6. The molecule has 0 saturated heterocycles. The third-order valence-electron chi connectivity index (χ3n) is 5.63. The summed E-state index contributed by atoms with van der Waals surface area (Å²) in [6, 6.07) is -1.06. The summed E-state index contributed by atoms with van der Waals surface area (Å²) in [6.45, 7) is 4.38. The molecule has 6 nitrogen and oxygen atoms in total. The van der Waals surface area contributed by atoms with Crippen LogP contribution in [0.1, 0.15) is 117 Å². The summed E-state index contributed by atoms with van der Waals surface area (Å²) in [5.41, 5.74) is 0. The summed E-state index contributed by atoms with van der Waals surface area (Å²) in [5.74, 6) is -1.01. The molecule has 0 aromatic rings. The van der Waals surface area contributed by atoms with E-state index in [1.165, 1.54) is 63.9 Å². The maximum atomic E-state index is 12.2. The molecule has 0 heterocycles. The van der Waals surface area contributed by atoms with Crippen LogP contribution in [0.5, 0.6) is 0 Å². The van der Waals surface area contributed by atoms with Gasteiger partial charge in [-0.15, -0.1) is 0 Å². The first kappa shape index (κ1) is 31.8. The summed E-state index contributed by atoms with van der Waals surface area (Å²) in [7, 11) is -4.33. The third-order valence-corrected chi connectivity index (χ3v) is 6.41. The number of carbonyl (C=O) groups is 1. The molecule has 0 aliphatic carbocycles. The molecule has 2 atom stereocenters. The zero-order valence-electron chi connectivity index (χ0n) is 21.0. The Labute approximate surface area is 203 Å². The Hall–Kier alpha value is -1.18. The van der Waals surface area contributed by atoms with Crippen LogP contribution < -0.4 is 5.32 Å². The molecule has 0 fully saturated rings. The Morgan fingerprint density at radius 3 is 1.91 bits per heavy atom. The number of hydrogen-bond donors (Lipinski definition) is 3. The zero-order chi connectivity index (χ0) is 24.8. The quantitative estimate of drug-likeness (QED) is 0.0970. The van der Waals surface area contributed by atoms with Crippen molar-refractivity contribution in [2.45, 2.75) is 129 Å². The molecule has 0 aliphatic rings. The monoisotopic (exact) mass is 487 g/mol. The molecular weight excluding hydrogens is 438 g/mol. The van der Waals surface area contributed by atoms with Gasteiger partial charge in [-0.1, -0.05) is 102 Å². The lowest BCUT2D eigenvalue weighted by molar-refractivity contribution is -0.122. The average Bonchev–Trinajstić information content (AvgIpc) is 2.75. The second kappa shape index (κ2) is 21.4. The summed E-state index contributed by atoms with van der Waals surface area (Å²) in [5, 5.41) is 12.9. The second-order valence-corrected chi connectivity index (χ2v) is 10.5. The highest BCUT2D eigenvalue weighted by Gasteiger charge is 2.24. The van der Waals surface area contributed by atoms with E-state index < -0.39 is 28.0 Å². The van der Waals surface area contributed by atoms with E-state index in [1.807, 2.05) is 0 Å². The van der Waals surface area contributed by atoms with Crippen LogP contribution in [0.25, 0.3) is 0 Å². The molecule has 0 rings (SSSR count). The smallest absolute Gasteiger partial charge is 0.267 e. The van der Waals surface area contributed by atoms with Crippen LogP contribution in [0, 0.1) is 0 Å². The molecule has 3 N–H and O–H groups in total. The minimum Gasteiger partial charge on any atom is -0.387 e. The van der Waals surface area contributed by atoms with Gasteiger partial charge in [-0.2, -0.15) is 8.42 Å². The highest BCUT2D eigenvalue weighted by molar-refractivity contribution is 7.85. The lowest BCUT2D eigenvalue weighted by Gasteiger charge is -2.21. The van der Waals surface area contributed by atoms with Gasteiger partial charge >= 0.3 is 0 Å². The van der Waals surface area contributed by atoms with Crippen LogP contribution in [0.2, 0.25) is 0 Å². The fraction of sp³-hybridized carbons (Fsp3) is 0.808. The van der Waals surface area contributed by atoms with E-state index in [0.717, 1.165) is 32.1 Å². The van der Waals surface area contributed by atoms with Gasteiger partial charge in [0.15, 0.2) is 0 Å². The fourth-order valence-electron chi connectivity index (χ4n) is 3.64. The van der Waals surface area contributed by atoms with Crippen LogP contribution in [0.3, 0.4) is 0 Å². The van der Waals surface area contributed by atoms with Gasteiger partial charge in [0, 0.05) is 6.42 Å². The van der Waals surface area contributed by atoms with E-state index in [-0.39, 0.29) is 12.3 Å². The number of aliphatic hydroxyl groups excluding tert-OH is 1. The predicted molar refractivity (Wildman–Crippen MR) is 138 cm³/mol. The van der Waals surface area contributed by atoms with Gasteiger partial charge in [0.2, 0.25) is 5.91 Å². The normalized spacial score (nSPS) is 14.2. The maximum absolute atomic E-state index is 12.2. The minimum absolute atomic E-state index is 0.289. The van der Waals surface area contributed by atoms with Crippen molar-refractivity contribution >= 4 is 16.0 Å². The van der Waals surface area contributed by atoms with Gasteiger partial charge in [-0.25, -0.2) is 0 Å². The van der Waals surface area contributed by atoms with Crippen molar-refractivity contribution < 1.29 is 22.9 Å². The molecule has 194 valence electrons. The van der Waals surface area contributed by atoms with E-state index in [2.05, 4.69) is 31.3 Å². The second-order valence-electron chi connectivity index (χ2n) is 8.96. The van der Waals surface area contributed by atoms with Crippen molar-refractivity contribution in [1.29, 1.82) is 0 Å². The maximum Gasteiger partial charge on any atom is 0.267 e. The molecule has 2 unspecified atom stereocenters. The summed E-state index contributed by atoms with van der Waals surface area (Å²) >= 11 is 0. The van der Waals surface area contributed by atoms with Gasteiger partial charge in [-0.3, -0.25) is 9.35 Å². The number of amides is 1. The van der Waals surface area contributed by atoms with Crippen molar-refractivity contribution in [2.75, 3.05) is 5.75 Å². The Morgan fingerprint density at radius 1 is 0.788 bits per heavy atom. The lowest BCUT2D eigenvalue weighted by atomic mass is 10.1. The number of unbranched alkanes of at least 4 members (excludes halogenated alkanes) is 12. The average molecular weight is 488 g/mol. The Morgan fingerprint density at radius 2 is 1.30 bits per heavy atom. The number of rotatable bonds is 22. The van der Waals surface area contributed by atoms with E-state index in [4.69, 9.17) is 0 Å². The van der Waals surface area contributed by atoms with Crippen LogP contribution in [-0.2, 0) is 14.9 Å². The number of aliphatic hydroxyl groups is 1. The molecule has 0 aliphatic heterocycles. The molecule has 0 bridgehead atoms. The van der Waals surface area contributed by atoms with Crippen LogP contribution in [0.15, 0.2) is 24.3 Å². The first-order chi connectivity index (χ1) is 15.8. The van der Waals surface area contributed by atoms with Crippen molar-refractivity contribution in [3.8, 4) is 0 Å². The van der Waals surface area contributed by atoms with Gasteiger partial charge < -0.3 is 10.4 Å². The summed E-state index contributed by atoms with van der Waals surface area (Å²) in [4.78, 5) is 12.2. The topological polar surface area (TPSA) is 104 Å². The summed E-state index contributed by atoms with van der Waals surface area (Å²) in [6.07, 6.45) is 23.2. The SMILES string of the molecule is CCCCC/C=C/CC/C=C/C(O)C(CS(=O)(=O)O)NC(=O)CCCCCCCCCCC. The Bertz CT molecular complexity index is 631. The first-order valence-corrected chi connectivity index (χ1v) is 14.6. The van der Waals surface area contributed by atoms with Crippen molar-refractivity contribution in [1.82, 2.24) is 5.32 Å².